The molecule has 0 saturated carbocycles. The Hall–Kier alpha value is -2.50. The number of aromatic nitrogens is 3. The van der Waals surface area contributed by atoms with Gasteiger partial charge in [0.05, 0.1) is 11.1 Å². The number of nitrogens with zero attached hydrogens (tertiary/aromatic N) is 4. The average Bonchev–Trinajstić information content (AvgIpc) is 3.29. The van der Waals surface area contributed by atoms with Gasteiger partial charge in [0.2, 0.25) is 0 Å². The lowest BCUT2D eigenvalue weighted by Gasteiger charge is -2.10. The Balaban J connectivity index is 1.66. The minimum Gasteiger partial charge on any atom is -0.312 e. The first-order chi connectivity index (χ1) is 12.7. The van der Waals surface area contributed by atoms with E-state index >= 15 is 0 Å². The molecule has 6 nitrogen and oxygen atoms in total. The molecule has 1 N–H and O–H groups in total. The number of hydrogen-bond acceptors (Lipinski definition) is 5. The van der Waals surface area contributed by atoms with Gasteiger partial charge < -0.3 is 5.32 Å². The fourth-order valence-electron chi connectivity index (χ4n) is 3.12. The van der Waals surface area contributed by atoms with Crippen molar-refractivity contribution in [3.05, 3.63) is 56.9 Å². The summed E-state index contributed by atoms with van der Waals surface area (Å²) in [7, 11) is 0. The van der Waals surface area contributed by atoms with Crippen molar-refractivity contribution in [2.45, 2.75) is 25.7 Å². The number of nitriles is 1. The summed E-state index contributed by atoms with van der Waals surface area (Å²) in [5, 5.41) is 20.7. The Morgan fingerprint density at radius 1 is 1.27 bits per heavy atom. The predicted octanol–water partition coefficient (Wildman–Crippen LogP) is 4.09. The summed E-state index contributed by atoms with van der Waals surface area (Å²) in [6, 6.07) is 7.72. The van der Waals surface area contributed by atoms with Crippen molar-refractivity contribution in [3.63, 3.8) is 0 Å². The van der Waals surface area contributed by atoms with Gasteiger partial charge in [-0.15, -0.1) is 21.5 Å². The number of amides is 1. The van der Waals surface area contributed by atoms with Crippen LogP contribution in [0.1, 0.15) is 39.2 Å². The highest BCUT2D eigenvalue weighted by atomic mass is 79.9. The molecule has 8 heteroatoms. The highest BCUT2D eigenvalue weighted by molar-refractivity contribution is 9.10. The number of nitrogens with one attached hydrogen (secondary N) is 1. The third-order valence-corrected chi connectivity index (χ3v) is 6.32. The Bertz CT molecular complexity index is 1020. The monoisotopic (exact) mass is 427 g/mol. The largest absolute Gasteiger partial charge is 0.312 e. The average molecular weight is 428 g/mol. The molecule has 0 fully saturated rings. The van der Waals surface area contributed by atoms with Crippen molar-refractivity contribution in [3.8, 4) is 11.8 Å². The van der Waals surface area contributed by atoms with Crippen LogP contribution in [-0.4, -0.2) is 20.7 Å². The van der Waals surface area contributed by atoms with Crippen LogP contribution in [0.3, 0.4) is 0 Å². The van der Waals surface area contributed by atoms with Crippen LogP contribution in [0.4, 0.5) is 5.00 Å². The molecule has 0 atom stereocenters. The molecule has 3 aromatic rings. The number of hydrogen-bond donors (Lipinski definition) is 1. The van der Waals surface area contributed by atoms with Gasteiger partial charge in [-0.1, -0.05) is 0 Å². The predicted molar refractivity (Wildman–Crippen MR) is 103 cm³/mol. The Labute approximate surface area is 162 Å². The third-order valence-electron chi connectivity index (χ3n) is 4.42. The van der Waals surface area contributed by atoms with Gasteiger partial charge in [-0.2, -0.15) is 5.26 Å². The first kappa shape index (κ1) is 16.9. The minimum atomic E-state index is -0.248. The van der Waals surface area contributed by atoms with Crippen LogP contribution in [-0.2, 0) is 12.8 Å². The second kappa shape index (κ2) is 7.02. The lowest BCUT2D eigenvalue weighted by Crippen LogP contribution is -2.13. The molecule has 26 heavy (non-hydrogen) atoms. The normalized spacial score (nSPS) is 13.1. The molecular weight excluding hydrogens is 414 g/mol. The molecule has 130 valence electrons. The molecule has 1 aliphatic carbocycles. The number of benzene rings is 1. The second-order valence-corrected chi connectivity index (χ2v) is 7.97. The maximum Gasteiger partial charge on any atom is 0.257 e. The van der Waals surface area contributed by atoms with E-state index in [0.29, 0.717) is 20.6 Å². The smallest absolute Gasteiger partial charge is 0.257 e. The molecular formula is C18H14BrN5OS. The number of anilines is 1. The zero-order valence-corrected chi connectivity index (χ0v) is 16.1. The zero-order chi connectivity index (χ0) is 18.1. The van der Waals surface area contributed by atoms with Gasteiger partial charge in [0.15, 0.2) is 0 Å². The molecule has 1 aliphatic rings. The molecule has 0 bridgehead atoms. The van der Waals surface area contributed by atoms with Crippen molar-refractivity contribution >= 4 is 38.2 Å². The first-order valence-electron chi connectivity index (χ1n) is 8.18. The first-order valence-corrected chi connectivity index (χ1v) is 9.79. The topological polar surface area (TPSA) is 83.6 Å². The minimum absolute atomic E-state index is 0.248. The van der Waals surface area contributed by atoms with Gasteiger partial charge in [-0.3, -0.25) is 9.36 Å². The maximum atomic E-state index is 12.9. The van der Waals surface area contributed by atoms with Gasteiger partial charge in [0, 0.05) is 15.0 Å². The fourth-order valence-corrected chi connectivity index (χ4v) is 4.79. The molecule has 2 aromatic heterocycles. The van der Waals surface area contributed by atoms with E-state index in [1.807, 2.05) is 12.1 Å². The van der Waals surface area contributed by atoms with Crippen molar-refractivity contribution in [1.29, 1.82) is 5.26 Å². The Morgan fingerprint density at radius 2 is 2.04 bits per heavy atom. The highest BCUT2D eigenvalue weighted by Crippen LogP contribution is 2.38. The maximum absolute atomic E-state index is 12.9. The van der Waals surface area contributed by atoms with Crippen molar-refractivity contribution in [2.24, 2.45) is 0 Å². The van der Waals surface area contributed by atoms with Crippen LogP contribution >= 0.6 is 27.3 Å². The van der Waals surface area contributed by atoms with E-state index in [9.17, 15) is 10.1 Å². The third kappa shape index (κ3) is 3.04. The van der Waals surface area contributed by atoms with Crippen LogP contribution < -0.4 is 5.32 Å². The fraction of sp³-hybridized carbons (Fsp3) is 0.222. The summed E-state index contributed by atoms with van der Waals surface area (Å²) in [6.07, 6.45) is 7.28. The number of carbonyl (C=O) groups excluding carboxylic acids is 1. The summed E-state index contributed by atoms with van der Waals surface area (Å²) in [4.78, 5) is 14.1. The van der Waals surface area contributed by atoms with E-state index in [-0.39, 0.29) is 5.91 Å². The summed E-state index contributed by atoms with van der Waals surface area (Å²) in [6.45, 7) is 0. The Morgan fingerprint density at radius 3 is 2.81 bits per heavy atom. The molecule has 0 saturated heterocycles. The summed E-state index contributed by atoms with van der Waals surface area (Å²) in [5.41, 5.74) is 3.00. The molecule has 0 aliphatic heterocycles. The zero-order valence-electron chi connectivity index (χ0n) is 13.7. The second-order valence-electron chi connectivity index (χ2n) is 6.01. The van der Waals surface area contributed by atoms with Crippen molar-refractivity contribution in [2.75, 3.05) is 5.32 Å². The van der Waals surface area contributed by atoms with Crippen LogP contribution in [0.5, 0.6) is 0 Å². The van der Waals surface area contributed by atoms with Crippen LogP contribution in [0.25, 0.3) is 5.69 Å². The summed E-state index contributed by atoms with van der Waals surface area (Å²) < 4.78 is 2.42. The number of carbonyl (C=O) groups is 1. The van der Waals surface area contributed by atoms with Crippen LogP contribution in [0.15, 0.2) is 35.3 Å². The van der Waals surface area contributed by atoms with E-state index < -0.39 is 0 Å². The molecule has 0 radical (unpaired) electrons. The van der Waals surface area contributed by atoms with E-state index in [1.165, 1.54) is 16.2 Å². The van der Waals surface area contributed by atoms with Crippen LogP contribution in [0, 0.1) is 11.3 Å². The molecule has 4 rings (SSSR count). The van der Waals surface area contributed by atoms with Gasteiger partial charge in [0.1, 0.15) is 23.7 Å². The lowest BCUT2D eigenvalue weighted by molar-refractivity contribution is 0.102. The quantitative estimate of drug-likeness (QED) is 0.681. The number of halogens is 1. The molecule has 1 amide bonds. The molecule has 0 unspecified atom stereocenters. The highest BCUT2D eigenvalue weighted by Gasteiger charge is 2.22. The van der Waals surface area contributed by atoms with Gasteiger partial charge in [-0.05, 0) is 65.4 Å². The van der Waals surface area contributed by atoms with Crippen LogP contribution in [0.2, 0.25) is 0 Å². The lowest BCUT2D eigenvalue weighted by atomic mass is 9.96. The Kier molecular flexibility index (Phi) is 4.57. The van der Waals surface area contributed by atoms with Gasteiger partial charge in [0.25, 0.3) is 5.91 Å². The standard InChI is InChI=1S/C18H14BrN5OS/c19-15-6-5-11(24-9-21-22-10-24)7-13(15)17(25)23-18-14(8-20)12-3-1-2-4-16(12)26-18/h5-7,9-10H,1-4H2,(H,23,25). The molecule has 0 spiro atoms. The van der Waals surface area contributed by atoms with Crippen molar-refractivity contribution < 1.29 is 4.79 Å². The van der Waals surface area contributed by atoms with E-state index in [2.05, 4.69) is 37.5 Å². The number of fused-ring (bicyclic) bond motifs is 1. The van der Waals surface area contributed by atoms with E-state index in [4.69, 9.17) is 0 Å². The van der Waals surface area contributed by atoms with Crippen molar-refractivity contribution in [1.82, 2.24) is 14.8 Å². The molecule has 2 heterocycles. The summed E-state index contributed by atoms with van der Waals surface area (Å²) >= 11 is 4.96. The van der Waals surface area contributed by atoms with Gasteiger partial charge in [-0.25, -0.2) is 0 Å². The summed E-state index contributed by atoms with van der Waals surface area (Å²) in [5.74, 6) is -0.248. The molecule has 1 aromatic carbocycles. The number of aryl methyl sites for hydroxylation is 1. The van der Waals surface area contributed by atoms with Gasteiger partial charge >= 0.3 is 0 Å². The SMILES string of the molecule is N#Cc1c(NC(=O)c2cc(-n3cnnc3)ccc2Br)sc2c1CCCC2. The van der Waals surface area contributed by atoms with E-state index in [0.717, 1.165) is 36.9 Å². The van der Waals surface area contributed by atoms with E-state index in [1.54, 1.807) is 23.3 Å². The number of thiophene rings is 1. The number of rotatable bonds is 3.